The Morgan fingerprint density at radius 1 is 1.41 bits per heavy atom. The Hall–Kier alpha value is -2.15. The molecule has 0 aromatic heterocycles. The summed E-state index contributed by atoms with van der Waals surface area (Å²) in [5.41, 5.74) is 2.54. The number of amides is 1. The average Bonchev–Trinajstić information content (AvgIpc) is 2.23. The highest BCUT2D eigenvalue weighted by Gasteiger charge is 2.03. The molecule has 0 aliphatic heterocycles. The summed E-state index contributed by atoms with van der Waals surface area (Å²) in [6, 6.07) is 6.92. The molecule has 0 heterocycles. The second-order valence-electron chi connectivity index (χ2n) is 4.54. The summed E-state index contributed by atoms with van der Waals surface area (Å²) in [6.45, 7) is 6.06. The summed E-state index contributed by atoms with van der Waals surface area (Å²) in [4.78, 5) is 15.1. The molecule has 0 unspecified atom stereocenters. The molecule has 0 fully saturated rings. The van der Waals surface area contributed by atoms with Crippen LogP contribution in [0.1, 0.15) is 26.3 Å². The van der Waals surface area contributed by atoms with Crippen molar-refractivity contribution in [3.05, 3.63) is 29.8 Å². The molecule has 0 aliphatic carbocycles. The van der Waals surface area contributed by atoms with Gasteiger partial charge in [0.25, 0.3) is 0 Å². The minimum Gasteiger partial charge on any atom is -0.463 e. The molecule has 0 bridgehead atoms. The van der Waals surface area contributed by atoms with Crippen molar-refractivity contribution in [1.29, 1.82) is 0 Å². The lowest BCUT2D eigenvalue weighted by Gasteiger charge is -2.07. The van der Waals surface area contributed by atoms with Gasteiger partial charge in [0, 0.05) is 11.0 Å². The SMILES string of the molecule is CC(C)(C)C#Cc1cccc(ONC(=O)O)c1. The number of hydroxylamine groups is 1. The molecule has 17 heavy (non-hydrogen) atoms. The van der Waals surface area contributed by atoms with E-state index >= 15 is 0 Å². The summed E-state index contributed by atoms with van der Waals surface area (Å²) < 4.78 is 0. The zero-order valence-corrected chi connectivity index (χ0v) is 10.1. The molecule has 2 N–H and O–H groups in total. The molecule has 1 rings (SSSR count). The molecule has 4 nitrogen and oxygen atoms in total. The molecule has 0 atom stereocenters. The largest absolute Gasteiger partial charge is 0.463 e. The van der Waals surface area contributed by atoms with Crippen molar-refractivity contribution in [1.82, 2.24) is 5.48 Å². The number of carboxylic acid groups (broad SMARTS) is 1. The molecule has 1 aromatic carbocycles. The molecule has 0 saturated carbocycles. The average molecular weight is 233 g/mol. The van der Waals surface area contributed by atoms with E-state index in [0.29, 0.717) is 5.75 Å². The van der Waals surface area contributed by atoms with Crippen molar-refractivity contribution in [2.75, 3.05) is 0 Å². The third-order valence-electron chi connectivity index (χ3n) is 1.67. The molecular weight excluding hydrogens is 218 g/mol. The minimum atomic E-state index is -1.24. The summed E-state index contributed by atoms with van der Waals surface area (Å²) >= 11 is 0. The van der Waals surface area contributed by atoms with Gasteiger partial charge in [-0.3, -0.25) is 0 Å². The lowest BCUT2D eigenvalue weighted by Crippen LogP contribution is -2.24. The van der Waals surface area contributed by atoms with Crippen LogP contribution in [0.5, 0.6) is 5.75 Å². The van der Waals surface area contributed by atoms with Crippen LogP contribution in [0.2, 0.25) is 0 Å². The molecule has 1 aromatic rings. The van der Waals surface area contributed by atoms with Crippen LogP contribution >= 0.6 is 0 Å². The van der Waals surface area contributed by atoms with E-state index < -0.39 is 6.09 Å². The van der Waals surface area contributed by atoms with Crippen molar-refractivity contribution in [3.8, 4) is 17.6 Å². The van der Waals surface area contributed by atoms with Crippen LogP contribution in [-0.2, 0) is 0 Å². The first-order chi connectivity index (χ1) is 7.87. The molecule has 0 spiro atoms. The van der Waals surface area contributed by atoms with Gasteiger partial charge in [0.2, 0.25) is 0 Å². The van der Waals surface area contributed by atoms with E-state index in [4.69, 9.17) is 9.94 Å². The second-order valence-corrected chi connectivity index (χ2v) is 4.54. The first-order valence-corrected chi connectivity index (χ1v) is 5.16. The number of hydrogen-bond acceptors (Lipinski definition) is 2. The topological polar surface area (TPSA) is 58.6 Å². The maximum atomic E-state index is 10.3. The maximum Gasteiger partial charge on any atom is 0.438 e. The van der Waals surface area contributed by atoms with E-state index in [1.54, 1.807) is 18.2 Å². The van der Waals surface area contributed by atoms with E-state index in [0.717, 1.165) is 5.56 Å². The number of benzene rings is 1. The van der Waals surface area contributed by atoms with Crippen LogP contribution in [0, 0.1) is 17.3 Å². The van der Waals surface area contributed by atoms with Gasteiger partial charge in [0.15, 0.2) is 5.75 Å². The van der Waals surface area contributed by atoms with Gasteiger partial charge >= 0.3 is 6.09 Å². The number of rotatable bonds is 2. The first kappa shape index (κ1) is 12.9. The molecule has 0 radical (unpaired) electrons. The van der Waals surface area contributed by atoms with Gasteiger partial charge in [-0.2, -0.15) is 5.48 Å². The van der Waals surface area contributed by atoms with Crippen molar-refractivity contribution in [2.45, 2.75) is 20.8 Å². The Morgan fingerprint density at radius 3 is 2.71 bits per heavy atom. The van der Waals surface area contributed by atoms with E-state index in [9.17, 15) is 4.79 Å². The first-order valence-electron chi connectivity index (χ1n) is 5.16. The summed E-state index contributed by atoms with van der Waals surface area (Å²) in [6.07, 6.45) is -1.24. The van der Waals surface area contributed by atoms with Crippen LogP contribution < -0.4 is 10.3 Å². The molecule has 0 aliphatic rings. The Kier molecular flexibility index (Phi) is 4.00. The molecule has 0 saturated heterocycles. The van der Waals surface area contributed by atoms with E-state index in [-0.39, 0.29) is 5.41 Å². The van der Waals surface area contributed by atoms with Gasteiger partial charge in [-0.15, -0.1) is 0 Å². The highest BCUT2D eigenvalue weighted by atomic mass is 16.7. The van der Waals surface area contributed by atoms with Gasteiger partial charge in [0.05, 0.1) is 0 Å². The number of nitrogens with one attached hydrogen (secondary N) is 1. The predicted molar refractivity (Wildman–Crippen MR) is 64.6 cm³/mol. The van der Waals surface area contributed by atoms with Crippen molar-refractivity contribution >= 4 is 6.09 Å². The van der Waals surface area contributed by atoms with E-state index in [1.165, 1.54) is 0 Å². The summed E-state index contributed by atoms with van der Waals surface area (Å²) in [5.74, 6) is 6.51. The molecule has 1 amide bonds. The Balaban J connectivity index is 2.78. The zero-order valence-electron chi connectivity index (χ0n) is 10.1. The fourth-order valence-electron chi connectivity index (χ4n) is 1.000. The monoisotopic (exact) mass is 233 g/mol. The normalized spacial score (nSPS) is 10.1. The van der Waals surface area contributed by atoms with Crippen molar-refractivity contribution in [2.24, 2.45) is 5.41 Å². The van der Waals surface area contributed by atoms with Crippen LogP contribution in [0.25, 0.3) is 0 Å². The Labute approximate surface area is 101 Å². The highest BCUT2D eigenvalue weighted by Crippen LogP contribution is 2.14. The second kappa shape index (κ2) is 5.26. The standard InChI is InChI=1S/C13H15NO3/c1-13(2,3)8-7-10-5-4-6-11(9-10)17-14-12(15)16/h4-6,9,14H,1-3H3,(H,15,16). The van der Waals surface area contributed by atoms with Gasteiger partial charge in [-0.25, -0.2) is 4.79 Å². The van der Waals surface area contributed by atoms with Crippen molar-refractivity contribution in [3.63, 3.8) is 0 Å². The zero-order chi connectivity index (χ0) is 12.9. The minimum absolute atomic E-state index is 0.0732. The Morgan fingerprint density at radius 2 is 2.12 bits per heavy atom. The fourth-order valence-corrected chi connectivity index (χ4v) is 1.000. The number of carbonyl (C=O) groups is 1. The Bertz CT molecular complexity index is 464. The van der Waals surface area contributed by atoms with Gasteiger partial charge in [-0.1, -0.05) is 17.9 Å². The maximum absolute atomic E-state index is 10.3. The predicted octanol–water partition coefficient (Wildman–Crippen LogP) is 2.65. The van der Waals surface area contributed by atoms with Crippen molar-refractivity contribution < 1.29 is 14.7 Å². The molecular formula is C13H15NO3. The number of hydrogen-bond donors (Lipinski definition) is 2. The fraction of sp³-hybridized carbons (Fsp3) is 0.308. The van der Waals surface area contributed by atoms with E-state index in [1.807, 2.05) is 32.3 Å². The van der Waals surface area contributed by atoms with Gasteiger partial charge in [-0.05, 0) is 39.0 Å². The third-order valence-corrected chi connectivity index (χ3v) is 1.67. The summed E-state index contributed by atoms with van der Waals surface area (Å²) in [5, 5.41) is 8.39. The van der Waals surface area contributed by atoms with E-state index in [2.05, 4.69) is 11.8 Å². The lowest BCUT2D eigenvalue weighted by molar-refractivity contribution is 0.136. The molecule has 4 heteroatoms. The quantitative estimate of drug-likeness (QED) is 0.610. The third kappa shape index (κ3) is 5.47. The van der Waals surface area contributed by atoms with Gasteiger partial charge < -0.3 is 9.94 Å². The van der Waals surface area contributed by atoms with Crippen LogP contribution in [0.3, 0.4) is 0 Å². The van der Waals surface area contributed by atoms with Crippen LogP contribution in [0.15, 0.2) is 24.3 Å². The smallest absolute Gasteiger partial charge is 0.438 e. The molecule has 90 valence electrons. The van der Waals surface area contributed by atoms with Crippen LogP contribution in [0.4, 0.5) is 4.79 Å². The van der Waals surface area contributed by atoms with Gasteiger partial charge in [0.1, 0.15) is 0 Å². The highest BCUT2D eigenvalue weighted by molar-refractivity contribution is 5.63. The summed E-state index contributed by atoms with van der Waals surface area (Å²) in [7, 11) is 0. The lowest BCUT2D eigenvalue weighted by atomic mass is 9.97. The van der Waals surface area contributed by atoms with Crippen LogP contribution in [-0.4, -0.2) is 11.2 Å².